The number of nitrogens with one attached hydrogen (secondary N) is 1. The number of hydrogen-bond acceptors (Lipinski definition) is 4. The van der Waals surface area contributed by atoms with Crippen molar-refractivity contribution in [3.8, 4) is 11.5 Å². The molecule has 1 aromatic carbocycles. The maximum atomic E-state index is 12.4. The third-order valence-electron chi connectivity index (χ3n) is 4.63. The molecule has 1 heterocycles. The van der Waals surface area contributed by atoms with E-state index in [1.807, 2.05) is 39.0 Å². The van der Waals surface area contributed by atoms with Crippen LogP contribution >= 0.6 is 0 Å². The third kappa shape index (κ3) is 2.35. The van der Waals surface area contributed by atoms with Crippen molar-refractivity contribution in [2.24, 2.45) is 5.41 Å². The Morgan fingerprint density at radius 1 is 1.29 bits per heavy atom. The Morgan fingerprint density at radius 2 is 1.90 bits per heavy atom. The Balaban J connectivity index is 1.69. The molecular formula is C16H21NO4. The second kappa shape index (κ2) is 4.91. The van der Waals surface area contributed by atoms with Gasteiger partial charge in [0.1, 0.15) is 6.10 Å². The molecule has 114 valence electrons. The third-order valence-corrected chi connectivity index (χ3v) is 4.63. The van der Waals surface area contributed by atoms with Gasteiger partial charge in [-0.25, -0.2) is 0 Å². The number of aliphatic hydroxyl groups excluding tert-OH is 1. The topological polar surface area (TPSA) is 67.8 Å². The molecule has 5 nitrogen and oxygen atoms in total. The lowest BCUT2D eigenvalue weighted by atomic mass is 9.64. The fraction of sp³-hybridized carbons (Fsp3) is 0.562. The van der Waals surface area contributed by atoms with Gasteiger partial charge in [-0.2, -0.15) is 0 Å². The first-order chi connectivity index (χ1) is 9.89. The van der Waals surface area contributed by atoms with Gasteiger partial charge in [-0.3, -0.25) is 4.79 Å². The highest BCUT2D eigenvalue weighted by Gasteiger charge is 2.49. The van der Waals surface area contributed by atoms with Crippen molar-refractivity contribution in [1.82, 2.24) is 5.32 Å². The van der Waals surface area contributed by atoms with E-state index in [9.17, 15) is 9.90 Å². The zero-order valence-corrected chi connectivity index (χ0v) is 12.5. The molecule has 1 saturated carbocycles. The average Bonchev–Trinajstić information content (AvgIpc) is 2.46. The van der Waals surface area contributed by atoms with Crippen LogP contribution < -0.4 is 14.8 Å². The summed E-state index contributed by atoms with van der Waals surface area (Å²) < 4.78 is 11.5. The van der Waals surface area contributed by atoms with E-state index in [0.717, 1.165) is 0 Å². The molecule has 1 amide bonds. The first-order valence-corrected chi connectivity index (χ1v) is 7.30. The van der Waals surface area contributed by atoms with Crippen LogP contribution in [0.15, 0.2) is 24.3 Å². The Kier molecular flexibility index (Phi) is 3.32. The van der Waals surface area contributed by atoms with E-state index in [2.05, 4.69) is 5.32 Å². The van der Waals surface area contributed by atoms with Crippen molar-refractivity contribution in [1.29, 1.82) is 0 Å². The molecule has 2 N–H and O–H groups in total. The minimum atomic E-state index is -0.673. The van der Waals surface area contributed by atoms with E-state index in [1.165, 1.54) is 0 Å². The standard InChI is InChI=1S/C16H21NO4/c1-9-14(21-11-7-5-4-6-10(11)20-9)15(19)17-12-8-13(18)16(12,2)3/h4-7,9,12-14,18H,8H2,1-3H3,(H,17,19). The van der Waals surface area contributed by atoms with Gasteiger partial charge in [0.25, 0.3) is 5.91 Å². The van der Waals surface area contributed by atoms with Crippen molar-refractivity contribution >= 4 is 5.91 Å². The number of ether oxygens (including phenoxy) is 2. The summed E-state index contributed by atoms with van der Waals surface area (Å²) in [4.78, 5) is 12.4. The van der Waals surface area contributed by atoms with E-state index in [0.29, 0.717) is 17.9 Å². The first-order valence-electron chi connectivity index (χ1n) is 7.30. The highest BCUT2D eigenvalue weighted by atomic mass is 16.6. The number of hydrogen-bond donors (Lipinski definition) is 2. The van der Waals surface area contributed by atoms with Crippen LogP contribution in [-0.4, -0.2) is 35.4 Å². The summed E-state index contributed by atoms with van der Waals surface area (Å²) in [7, 11) is 0. The van der Waals surface area contributed by atoms with Crippen LogP contribution in [0.4, 0.5) is 0 Å². The number of carbonyl (C=O) groups excluding carboxylic acids is 1. The van der Waals surface area contributed by atoms with E-state index in [4.69, 9.17) is 9.47 Å². The van der Waals surface area contributed by atoms with Crippen molar-refractivity contribution in [3.63, 3.8) is 0 Å². The van der Waals surface area contributed by atoms with Crippen LogP contribution in [0, 0.1) is 5.41 Å². The Morgan fingerprint density at radius 3 is 2.48 bits per heavy atom. The van der Waals surface area contributed by atoms with E-state index in [1.54, 1.807) is 6.07 Å². The molecule has 0 bridgehead atoms. The zero-order chi connectivity index (χ0) is 15.2. The molecule has 1 fully saturated rings. The van der Waals surface area contributed by atoms with E-state index < -0.39 is 6.10 Å². The summed E-state index contributed by atoms with van der Waals surface area (Å²) in [5.74, 6) is 1.05. The van der Waals surface area contributed by atoms with Gasteiger partial charge in [0, 0.05) is 11.5 Å². The maximum absolute atomic E-state index is 12.4. The molecule has 0 radical (unpaired) electrons. The summed E-state index contributed by atoms with van der Waals surface area (Å²) in [6.45, 7) is 5.72. The molecule has 1 aliphatic heterocycles. The van der Waals surface area contributed by atoms with Crippen LogP contribution in [0.5, 0.6) is 11.5 Å². The van der Waals surface area contributed by atoms with Crippen molar-refractivity contribution in [2.45, 2.75) is 51.5 Å². The van der Waals surface area contributed by atoms with Gasteiger partial charge >= 0.3 is 0 Å². The average molecular weight is 291 g/mol. The number of rotatable bonds is 2. The van der Waals surface area contributed by atoms with Gasteiger partial charge in [0.15, 0.2) is 11.5 Å². The quantitative estimate of drug-likeness (QED) is 0.866. The molecule has 4 atom stereocenters. The fourth-order valence-electron chi connectivity index (χ4n) is 2.81. The highest BCUT2D eigenvalue weighted by Crippen LogP contribution is 2.41. The summed E-state index contributed by atoms with van der Waals surface area (Å²) >= 11 is 0. The predicted molar refractivity (Wildman–Crippen MR) is 77.3 cm³/mol. The number of fused-ring (bicyclic) bond motifs is 1. The summed E-state index contributed by atoms with van der Waals surface area (Å²) in [6, 6.07) is 7.30. The smallest absolute Gasteiger partial charge is 0.265 e. The van der Waals surface area contributed by atoms with Crippen molar-refractivity contribution in [3.05, 3.63) is 24.3 Å². The lowest BCUT2D eigenvalue weighted by Crippen LogP contribution is -2.63. The van der Waals surface area contributed by atoms with Crippen LogP contribution in [0.2, 0.25) is 0 Å². The maximum Gasteiger partial charge on any atom is 0.265 e. The lowest BCUT2D eigenvalue weighted by molar-refractivity contribution is -0.141. The molecule has 1 aromatic rings. The Hall–Kier alpha value is -1.75. The molecule has 0 aromatic heterocycles. The highest BCUT2D eigenvalue weighted by molar-refractivity contribution is 5.82. The summed E-state index contributed by atoms with van der Waals surface area (Å²) in [6.07, 6.45) is -0.817. The molecular weight excluding hydrogens is 270 g/mol. The largest absolute Gasteiger partial charge is 0.482 e. The summed E-state index contributed by atoms with van der Waals surface area (Å²) in [5, 5.41) is 12.7. The SMILES string of the molecule is CC1Oc2ccccc2OC1C(=O)NC1CC(O)C1(C)C. The van der Waals surface area contributed by atoms with Crippen molar-refractivity contribution in [2.75, 3.05) is 0 Å². The predicted octanol–water partition coefficient (Wildman–Crippen LogP) is 1.49. The van der Waals surface area contributed by atoms with Gasteiger partial charge in [-0.05, 0) is 25.5 Å². The number of amides is 1. The molecule has 1 aliphatic carbocycles. The van der Waals surface area contributed by atoms with Gasteiger partial charge in [-0.1, -0.05) is 26.0 Å². The Bertz CT molecular complexity index is 557. The lowest BCUT2D eigenvalue weighted by Gasteiger charge is -2.49. The fourth-order valence-corrected chi connectivity index (χ4v) is 2.81. The van der Waals surface area contributed by atoms with Gasteiger partial charge in [-0.15, -0.1) is 0 Å². The summed E-state index contributed by atoms with van der Waals surface area (Å²) in [5.41, 5.74) is -0.299. The van der Waals surface area contributed by atoms with Crippen LogP contribution in [0.3, 0.4) is 0 Å². The minimum Gasteiger partial charge on any atom is -0.482 e. The van der Waals surface area contributed by atoms with Crippen molar-refractivity contribution < 1.29 is 19.4 Å². The molecule has 3 rings (SSSR count). The van der Waals surface area contributed by atoms with Crippen LogP contribution in [-0.2, 0) is 4.79 Å². The number of benzene rings is 1. The molecule has 21 heavy (non-hydrogen) atoms. The second-order valence-electron chi connectivity index (χ2n) is 6.44. The number of para-hydroxylation sites is 2. The van der Waals surface area contributed by atoms with Crippen LogP contribution in [0.25, 0.3) is 0 Å². The van der Waals surface area contributed by atoms with E-state index in [-0.39, 0.29) is 29.6 Å². The normalized spacial score (nSPS) is 33.0. The van der Waals surface area contributed by atoms with Gasteiger partial charge in [0.2, 0.25) is 6.10 Å². The molecule has 2 aliphatic rings. The molecule has 0 saturated heterocycles. The number of carbonyl (C=O) groups is 1. The van der Waals surface area contributed by atoms with Gasteiger partial charge < -0.3 is 19.9 Å². The van der Waals surface area contributed by atoms with E-state index >= 15 is 0 Å². The Labute approximate surface area is 124 Å². The second-order valence-corrected chi connectivity index (χ2v) is 6.44. The molecule has 0 spiro atoms. The molecule has 5 heteroatoms. The minimum absolute atomic E-state index is 0.0343. The van der Waals surface area contributed by atoms with Gasteiger partial charge in [0.05, 0.1) is 6.10 Å². The van der Waals surface area contributed by atoms with Crippen LogP contribution in [0.1, 0.15) is 27.2 Å². The molecule has 4 unspecified atom stereocenters. The first kappa shape index (κ1) is 14.2. The number of aliphatic hydroxyl groups is 1. The zero-order valence-electron chi connectivity index (χ0n) is 12.5. The monoisotopic (exact) mass is 291 g/mol.